The minimum Gasteiger partial charge on any atom is -0.477 e. The molecule has 0 saturated carbocycles. The third kappa shape index (κ3) is 5.82. The standard InChI is InChI=1S/C21H27N5O6/c1-3-31-21(27)25(12-16-5-4-14(2)23-11-16)17-10-18(24-20(22)19(17)26(28)29)32-13-15-6-8-30-9-7-15/h4-5,10-11,15H,3,6-9,12-13H2,1-2H3,(H2,22,24). The van der Waals surface area contributed by atoms with Gasteiger partial charge in [0, 0.05) is 31.2 Å². The van der Waals surface area contributed by atoms with Gasteiger partial charge in [0.2, 0.25) is 11.7 Å². The molecule has 32 heavy (non-hydrogen) atoms. The Hall–Kier alpha value is -3.47. The van der Waals surface area contributed by atoms with Crippen LogP contribution in [-0.4, -0.2) is 47.4 Å². The van der Waals surface area contributed by atoms with Crippen LogP contribution in [0.5, 0.6) is 5.88 Å². The molecule has 0 spiro atoms. The van der Waals surface area contributed by atoms with Crippen LogP contribution >= 0.6 is 0 Å². The van der Waals surface area contributed by atoms with E-state index in [0.29, 0.717) is 25.4 Å². The lowest BCUT2D eigenvalue weighted by Gasteiger charge is -2.24. The van der Waals surface area contributed by atoms with Crippen molar-refractivity contribution in [1.29, 1.82) is 0 Å². The molecule has 2 N–H and O–H groups in total. The Kier molecular flexibility index (Phi) is 7.77. The maximum absolute atomic E-state index is 12.8. The molecule has 2 aromatic rings. The molecule has 1 saturated heterocycles. The summed E-state index contributed by atoms with van der Waals surface area (Å²) < 4.78 is 16.3. The highest BCUT2D eigenvalue weighted by Gasteiger charge is 2.31. The number of anilines is 2. The van der Waals surface area contributed by atoms with Gasteiger partial charge < -0.3 is 19.9 Å². The first-order valence-corrected chi connectivity index (χ1v) is 10.4. The minimum atomic E-state index is -0.753. The predicted octanol–water partition coefficient (Wildman–Crippen LogP) is 3.24. The van der Waals surface area contributed by atoms with Crippen molar-refractivity contribution in [2.45, 2.75) is 33.2 Å². The van der Waals surface area contributed by atoms with Crippen LogP contribution in [-0.2, 0) is 16.0 Å². The topological polar surface area (TPSA) is 143 Å². The zero-order valence-electron chi connectivity index (χ0n) is 18.2. The van der Waals surface area contributed by atoms with Gasteiger partial charge in [-0.15, -0.1) is 0 Å². The summed E-state index contributed by atoms with van der Waals surface area (Å²) in [7, 11) is 0. The molecule has 1 aliphatic rings. The molecule has 0 bridgehead atoms. The highest BCUT2D eigenvalue weighted by atomic mass is 16.6. The molecule has 0 radical (unpaired) electrons. The first-order chi connectivity index (χ1) is 15.4. The number of ether oxygens (including phenoxy) is 3. The maximum atomic E-state index is 12.8. The summed E-state index contributed by atoms with van der Waals surface area (Å²) >= 11 is 0. The molecule has 172 valence electrons. The number of amides is 1. The van der Waals surface area contributed by atoms with E-state index in [9.17, 15) is 14.9 Å². The van der Waals surface area contributed by atoms with Crippen molar-refractivity contribution in [2.75, 3.05) is 37.1 Å². The van der Waals surface area contributed by atoms with Crippen LogP contribution in [0.25, 0.3) is 0 Å². The zero-order chi connectivity index (χ0) is 23.1. The van der Waals surface area contributed by atoms with Gasteiger partial charge in [-0.25, -0.2) is 4.79 Å². The largest absolute Gasteiger partial charge is 0.477 e. The summed E-state index contributed by atoms with van der Waals surface area (Å²) in [5.74, 6) is 0.0435. The smallest absolute Gasteiger partial charge is 0.414 e. The zero-order valence-corrected chi connectivity index (χ0v) is 18.2. The Labute approximate surface area is 185 Å². The lowest BCUT2D eigenvalue weighted by atomic mass is 10.0. The number of pyridine rings is 2. The molecule has 1 fully saturated rings. The van der Waals surface area contributed by atoms with Gasteiger partial charge in [-0.3, -0.25) is 20.0 Å². The number of carbonyl (C=O) groups is 1. The van der Waals surface area contributed by atoms with E-state index in [-0.39, 0.29) is 36.5 Å². The fraction of sp³-hybridized carbons (Fsp3) is 0.476. The first-order valence-electron chi connectivity index (χ1n) is 10.4. The Morgan fingerprint density at radius 2 is 2.12 bits per heavy atom. The van der Waals surface area contributed by atoms with E-state index in [1.165, 1.54) is 6.07 Å². The molecule has 2 aromatic heterocycles. The molecule has 0 aromatic carbocycles. The Bertz CT molecular complexity index is 946. The number of hydrogen-bond acceptors (Lipinski definition) is 9. The maximum Gasteiger partial charge on any atom is 0.414 e. The molecule has 11 heteroatoms. The van der Waals surface area contributed by atoms with Crippen LogP contribution in [0.2, 0.25) is 0 Å². The normalized spacial score (nSPS) is 14.1. The van der Waals surface area contributed by atoms with E-state index in [4.69, 9.17) is 19.9 Å². The number of nitro groups is 1. The Balaban J connectivity index is 1.95. The molecular weight excluding hydrogens is 418 g/mol. The molecule has 3 rings (SSSR count). The van der Waals surface area contributed by atoms with Crippen LogP contribution in [0.15, 0.2) is 24.4 Å². The molecule has 0 aliphatic carbocycles. The summed E-state index contributed by atoms with van der Waals surface area (Å²) in [6.45, 7) is 5.28. The number of aryl methyl sites for hydroxylation is 1. The van der Waals surface area contributed by atoms with Crippen molar-refractivity contribution in [2.24, 2.45) is 5.92 Å². The number of carbonyl (C=O) groups excluding carboxylic acids is 1. The van der Waals surface area contributed by atoms with Crippen LogP contribution in [0, 0.1) is 23.0 Å². The van der Waals surface area contributed by atoms with Gasteiger partial charge in [0.25, 0.3) is 0 Å². The fourth-order valence-corrected chi connectivity index (χ4v) is 3.33. The number of rotatable bonds is 8. The van der Waals surface area contributed by atoms with Gasteiger partial charge in [-0.2, -0.15) is 4.98 Å². The highest BCUT2D eigenvalue weighted by Crippen LogP contribution is 2.37. The summed E-state index contributed by atoms with van der Waals surface area (Å²) in [5.41, 5.74) is 6.84. The van der Waals surface area contributed by atoms with Crippen molar-refractivity contribution in [3.8, 4) is 5.88 Å². The third-order valence-corrected chi connectivity index (χ3v) is 5.06. The predicted molar refractivity (Wildman–Crippen MR) is 117 cm³/mol. The van der Waals surface area contributed by atoms with Crippen molar-refractivity contribution >= 4 is 23.3 Å². The molecule has 11 nitrogen and oxygen atoms in total. The number of nitrogens with zero attached hydrogens (tertiary/aromatic N) is 4. The molecule has 3 heterocycles. The third-order valence-electron chi connectivity index (χ3n) is 5.06. The van der Waals surface area contributed by atoms with E-state index in [2.05, 4.69) is 9.97 Å². The van der Waals surface area contributed by atoms with Crippen molar-refractivity contribution < 1.29 is 23.9 Å². The van der Waals surface area contributed by atoms with Gasteiger partial charge >= 0.3 is 11.8 Å². The molecule has 1 amide bonds. The van der Waals surface area contributed by atoms with Crippen LogP contribution < -0.4 is 15.4 Å². The second-order valence-corrected chi connectivity index (χ2v) is 7.43. The van der Waals surface area contributed by atoms with E-state index in [0.717, 1.165) is 23.4 Å². The lowest BCUT2D eigenvalue weighted by Crippen LogP contribution is -2.32. The lowest BCUT2D eigenvalue weighted by molar-refractivity contribution is -0.383. The first kappa shape index (κ1) is 23.2. The van der Waals surface area contributed by atoms with Crippen molar-refractivity contribution in [3.63, 3.8) is 0 Å². The number of nitrogen functional groups attached to an aromatic ring is 1. The van der Waals surface area contributed by atoms with Crippen LogP contribution in [0.4, 0.5) is 22.0 Å². The summed E-state index contributed by atoms with van der Waals surface area (Å²) in [5, 5.41) is 11.8. The van der Waals surface area contributed by atoms with E-state index in [1.54, 1.807) is 25.3 Å². The Morgan fingerprint density at radius 3 is 2.75 bits per heavy atom. The second-order valence-electron chi connectivity index (χ2n) is 7.43. The molecule has 0 unspecified atom stereocenters. The monoisotopic (exact) mass is 445 g/mol. The van der Waals surface area contributed by atoms with E-state index >= 15 is 0 Å². The molecular formula is C21H27N5O6. The minimum absolute atomic E-state index is 0.00416. The van der Waals surface area contributed by atoms with Crippen LogP contribution in [0.1, 0.15) is 31.0 Å². The summed E-state index contributed by atoms with van der Waals surface area (Å²) in [4.78, 5) is 33.3. The molecule has 0 atom stereocenters. The van der Waals surface area contributed by atoms with Crippen molar-refractivity contribution in [3.05, 3.63) is 45.8 Å². The van der Waals surface area contributed by atoms with E-state index < -0.39 is 16.7 Å². The van der Waals surface area contributed by atoms with Gasteiger partial charge in [0.05, 0.1) is 24.7 Å². The fourth-order valence-electron chi connectivity index (χ4n) is 3.33. The van der Waals surface area contributed by atoms with Gasteiger partial charge in [0.1, 0.15) is 5.69 Å². The number of nitrogens with two attached hydrogens (primary N) is 1. The quantitative estimate of drug-likeness (QED) is 0.478. The highest BCUT2D eigenvalue weighted by molar-refractivity contribution is 5.92. The van der Waals surface area contributed by atoms with E-state index in [1.807, 2.05) is 6.92 Å². The summed E-state index contributed by atoms with van der Waals surface area (Å²) in [6.07, 6.45) is 2.55. The van der Waals surface area contributed by atoms with Gasteiger partial charge in [-0.1, -0.05) is 6.07 Å². The van der Waals surface area contributed by atoms with Crippen molar-refractivity contribution in [1.82, 2.24) is 9.97 Å². The number of hydrogen-bond donors (Lipinski definition) is 1. The number of aromatic nitrogens is 2. The average molecular weight is 445 g/mol. The van der Waals surface area contributed by atoms with Gasteiger partial charge in [-0.05, 0) is 44.2 Å². The average Bonchev–Trinajstić information content (AvgIpc) is 2.77. The SMILES string of the molecule is CCOC(=O)N(Cc1ccc(C)nc1)c1cc(OCC2CCOCC2)nc(N)c1[N+](=O)[O-]. The molecule has 1 aliphatic heterocycles. The van der Waals surface area contributed by atoms with Crippen LogP contribution in [0.3, 0.4) is 0 Å². The Morgan fingerprint density at radius 1 is 1.38 bits per heavy atom. The van der Waals surface area contributed by atoms with Gasteiger partial charge in [0.15, 0.2) is 0 Å². The second kappa shape index (κ2) is 10.7. The summed E-state index contributed by atoms with van der Waals surface area (Å²) in [6, 6.07) is 4.93.